The Kier molecular flexibility index (Phi) is 7.48. The molecule has 1 N–H and O–H groups in total. The van der Waals surface area contributed by atoms with Crippen LogP contribution < -0.4 is 9.62 Å². The van der Waals surface area contributed by atoms with Gasteiger partial charge in [-0.15, -0.1) is 10.2 Å². The van der Waals surface area contributed by atoms with Gasteiger partial charge < -0.3 is 4.74 Å². The highest BCUT2D eigenvalue weighted by Gasteiger charge is 2.30. The molecule has 14 heteroatoms. The number of aromatic nitrogens is 2. The van der Waals surface area contributed by atoms with Crippen LogP contribution in [0.4, 0.5) is 19.6 Å². The van der Waals surface area contributed by atoms with E-state index in [1.54, 1.807) is 0 Å². The molecule has 0 bridgehead atoms. The van der Waals surface area contributed by atoms with Crippen molar-refractivity contribution in [2.24, 2.45) is 0 Å². The Morgan fingerprint density at radius 3 is 2.59 bits per heavy atom. The number of benzene rings is 1. The molecule has 158 valence electrons. The molecule has 1 aromatic heterocycles. The first kappa shape index (κ1) is 23.0. The van der Waals surface area contributed by atoms with Gasteiger partial charge >= 0.3 is 5.97 Å². The standard InChI is InChI=1S/C15H16F2N4O5S3/c1-8(21(29(3,24)25)9-4-5-10(16)11(17)6-9)13(23)18-14-19-20-15(28-14)27-7-12(22)26-2/h4-6,8H,7H2,1-3H3,(H,18,19,23). The third-order valence-electron chi connectivity index (χ3n) is 3.42. The molecule has 1 amide bonds. The molecular weight excluding hydrogens is 450 g/mol. The molecule has 0 saturated heterocycles. The number of carbonyl (C=O) groups is 2. The first-order valence-electron chi connectivity index (χ1n) is 7.81. The number of carbonyl (C=O) groups excluding carboxylic acids is 2. The minimum Gasteiger partial charge on any atom is -0.468 e. The van der Waals surface area contributed by atoms with Gasteiger partial charge in [0.1, 0.15) is 6.04 Å². The SMILES string of the molecule is COC(=O)CSc1nnc(NC(=O)C(C)N(c2ccc(F)c(F)c2)S(C)(=O)=O)s1. The van der Waals surface area contributed by atoms with Gasteiger partial charge in [-0.05, 0) is 19.1 Å². The molecule has 1 atom stereocenters. The number of thioether (sulfide) groups is 1. The highest BCUT2D eigenvalue weighted by atomic mass is 32.2. The Labute approximate surface area is 173 Å². The quantitative estimate of drug-likeness (QED) is 0.356. The first-order chi connectivity index (χ1) is 13.5. The van der Waals surface area contributed by atoms with Gasteiger partial charge in [-0.3, -0.25) is 19.2 Å². The second kappa shape index (κ2) is 9.45. The molecule has 0 spiro atoms. The lowest BCUT2D eigenvalue weighted by atomic mass is 10.2. The Morgan fingerprint density at radius 2 is 2.00 bits per heavy atom. The molecule has 0 fully saturated rings. The molecule has 9 nitrogen and oxygen atoms in total. The zero-order valence-corrected chi connectivity index (χ0v) is 17.8. The number of anilines is 2. The summed E-state index contributed by atoms with van der Waals surface area (Å²) in [5.74, 6) is -3.61. The fourth-order valence-electron chi connectivity index (χ4n) is 2.14. The van der Waals surface area contributed by atoms with Crippen molar-refractivity contribution in [3.05, 3.63) is 29.8 Å². The number of hydrogen-bond acceptors (Lipinski definition) is 9. The van der Waals surface area contributed by atoms with E-state index in [0.717, 1.165) is 41.5 Å². The second-order valence-corrected chi connectivity index (χ2v) is 9.62. The third kappa shape index (κ3) is 6.08. The van der Waals surface area contributed by atoms with Gasteiger partial charge in [-0.2, -0.15) is 0 Å². The Bertz CT molecular complexity index is 1020. The molecule has 1 aromatic carbocycles. The van der Waals surface area contributed by atoms with E-state index in [9.17, 15) is 26.8 Å². The molecule has 2 rings (SSSR count). The molecule has 1 heterocycles. The van der Waals surface area contributed by atoms with E-state index in [0.29, 0.717) is 14.7 Å². The van der Waals surface area contributed by atoms with Crippen molar-refractivity contribution < 1.29 is 31.5 Å². The molecule has 0 aliphatic rings. The average Bonchev–Trinajstić information content (AvgIpc) is 3.08. The van der Waals surface area contributed by atoms with E-state index < -0.39 is 39.6 Å². The van der Waals surface area contributed by atoms with Crippen molar-refractivity contribution in [3.8, 4) is 0 Å². The maximum absolute atomic E-state index is 13.5. The van der Waals surface area contributed by atoms with Crippen LogP contribution in [0.5, 0.6) is 0 Å². The number of methoxy groups -OCH3 is 1. The number of esters is 1. The number of nitrogens with zero attached hydrogens (tertiary/aromatic N) is 3. The molecule has 0 radical (unpaired) electrons. The van der Waals surface area contributed by atoms with Gasteiger partial charge in [-0.25, -0.2) is 17.2 Å². The lowest BCUT2D eigenvalue weighted by Gasteiger charge is -2.27. The lowest BCUT2D eigenvalue weighted by molar-refractivity contribution is -0.137. The van der Waals surface area contributed by atoms with Crippen molar-refractivity contribution >= 4 is 55.8 Å². The summed E-state index contributed by atoms with van der Waals surface area (Å²) in [7, 11) is -2.76. The summed E-state index contributed by atoms with van der Waals surface area (Å²) in [6.07, 6.45) is 0.838. The summed E-state index contributed by atoms with van der Waals surface area (Å²) in [5, 5.41) is 10.0. The minimum absolute atomic E-state index is 0.00741. The molecule has 0 saturated carbocycles. The largest absolute Gasteiger partial charge is 0.468 e. The van der Waals surface area contributed by atoms with Crippen LogP contribution in [0.1, 0.15) is 6.92 Å². The van der Waals surface area contributed by atoms with E-state index in [2.05, 4.69) is 20.3 Å². The zero-order chi connectivity index (χ0) is 21.8. The van der Waals surface area contributed by atoms with E-state index in [1.165, 1.54) is 14.0 Å². The molecular formula is C15H16F2N4O5S3. The third-order valence-corrected chi connectivity index (χ3v) is 6.61. The van der Waals surface area contributed by atoms with Crippen molar-refractivity contribution in [2.75, 3.05) is 28.7 Å². The van der Waals surface area contributed by atoms with Gasteiger partial charge in [0.25, 0.3) is 0 Å². The van der Waals surface area contributed by atoms with Crippen LogP contribution >= 0.6 is 23.1 Å². The summed E-state index contributed by atoms with van der Waals surface area (Å²) in [4.78, 5) is 23.7. The summed E-state index contributed by atoms with van der Waals surface area (Å²) in [6, 6.07) is 1.20. The fourth-order valence-corrected chi connectivity index (χ4v) is 4.89. The van der Waals surface area contributed by atoms with E-state index in [1.807, 2.05) is 0 Å². The predicted octanol–water partition coefficient (Wildman–Crippen LogP) is 1.87. The monoisotopic (exact) mass is 466 g/mol. The van der Waals surface area contributed by atoms with Gasteiger partial charge in [0, 0.05) is 6.07 Å². The van der Waals surface area contributed by atoms with Gasteiger partial charge in [0.2, 0.25) is 21.1 Å². The molecule has 29 heavy (non-hydrogen) atoms. The number of sulfonamides is 1. The average molecular weight is 467 g/mol. The van der Waals surface area contributed by atoms with Gasteiger partial charge in [0.05, 0.1) is 24.8 Å². The van der Waals surface area contributed by atoms with Crippen LogP contribution in [-0.2, 0) is 24.3 Å². The number of amides is 1. The minimum atomic E-state index is -4.00. The predicted molar refractivity (Wildman–Crippen MR) is 104 cm³/mol. The number of nitrogens with one attached hydrogen (secondary N) is 1. The number of ether oxygens (including phenoxy) is 1. The molecule has 0 aliphatic carbocycles. The number of halogens is 2. The highest BCUT2D eigenvalue weighted by molar-refractivity contribution is 8.01. The van der Waals surface area contributed by atoms with Gasteiger partial charge in [-0.1, -0.05) is 23.1 Å². The fraction of sp³-hybridized carbons (Fsp3) is 0.333. The van der Waals surface area contributed by atoms with Crippen molar-refractivity contribution in [1.82, 2.24) is 10.2 Å². The van der Waals surface area contributed by atoms with Crippen molar-refractivity contribution in [3.63, 3.8) is 0 Å². The van der Waals surface area contributed by atoms with E-state index >= 15 is 0 Å². The van der Waals surface area contributed by atoms with Crippen LogP contribution in [0.2, 0.25) is 0 Å². The Balaban J connectivity index is 2.16. The maximum Gasteiger partial charge on any atom is 0.316 e. The van der Waals surface area contributed by atoms with Crippen LogP contribution in [0.25, 0.3) is 0 Å². The summed E-state index contributed by atoms with van der Waals surface area (Å²) in [5.41, 5.74) is -0.208. The molecule has 1 unspecified atom stereocenters. The van der Waals surface area contributed by atoms with E-state index in [4.69, 9.17) is 0 Å². The van der Waals surface area contributed by atoms with Crippen LogP contribution in [-0.4, -0.2) is 55.7 Å². The van der Waals surface area contributed by atoms with Crippen molar-refractivity contribution in [2.45, 2.75) is 17.3 Å². The van der Waals surface area contributed by atoms with E-state index in [-0.39, 0.29) is 16.6 Å². The number of hydrogen-bond donors (Lipinski definition) is 1. The first-order valence-corrected chi connectivity index (χ1v) is 11.5. The highest BCUT2D eigenvalue weighted by Crippen LogP contribution is 2.27. The summed E-state index contributed by atoms with van der Waals surface area (Å²) < 4.78 is 56.6. The maximum atomic E-state index is 13.5. The van der Waals surface area contributed by atoms with Crippen molar-refractivity contribution in [1.29, 1.82) is 0 Å². The van der Waals surface area contributed by atoms with Crippen LogP contribution in [0.3, 0.4) is 0 Å². The van der Waals surface area contributed by atoms with Crippen LogP contribution in [0.15, 0.2) is 22.5 Å². The molecule has 0 aliphatic heterocycles. The lowest BCUT2D eigenvalue weighted by Crippen LogP contribution is -2.45. The topological polar surface area (TPSA) is 119 Å². The normalized spacial score (nSPS) is 12.3. The Morgan fingerprint density at radius 1 is 1.31 bits per heavy atom. The number of rotatable bonds is 8. The smallest absolute Gasteiger partial charge is 0.316 e. The van der Waals surface area contributed by atoms with Gasteiger partial charge in [0.15, 0.2) is 16.0 Å². The Hall–Kier alpha value is -2.32. The zero-order valence-electron chi connectivity index (χ0n) is 15.4. The molecule has 2 aromatic rings. The van der Waals surface area contributed by atoms with Crippen LogP contribution in [0, 0.1) is 11.6 Å². The summed E-state index contributed by atoms with van der Waals surface area (Å²) >= 11 is 2.03. The second-order valence-electron chi connectivity index (χ2n) is 5.56. The summed E-state index contributed by atoms with van der Waals surface area (Å²) in [6.45, 7) is 1.28.